The van der Waals surface area contributed by atoms with Gasteiger partial charge < -0.3 is 0 Å². The molecule has 0 radical (unpaired) electrons. The molecule has 17 heavy (non-hydrogen) atoms. The summed E-state index contributed by atoms with van der Waals surface area (Å²) in [5.41, 5.74) is -0.799. The predicted molar refractivity (Wildman–Crippen MR) is 52.4 cm³/mol. The van der Waals surface area contributed by atoms with Crippen LogP contribution in [0.4, 0.5) is 17.6 Å². The molecule has 6 heteroatoms. The maximum absolute atomic E-state index is 13.4. The van der Waals surface area contributed by atoms with Crippen LogP contribution in [0.1, 0.15) is 5.69 Å². The number of rotatable bonds is 1. The lowest BCUT2D eigenvalue weighted by Gasteiger charge is -2.07. The van der Waals surface area contributed by atoms with E-state index in [2.05, 4.69) is 9.97 Å². The minimum Gasteiger partial charge on any atom is -0.265 e. The zero-order valence-corrected chi connectivity index (χ0v) is 8.37. The van der Waals surface area contributed by atoms with Crippen LogP contribution in [-0.2, 0) is 6.18 Å². The van der Waals surface area contributed by atoms with Crippen LogP contribution in [0.3, 0.4) is 0 Å². The third kappa shape index (κ3) is 2.41. The summed E-state index contributed by atoms with van der Waals surface area (Å²) in [6.45, 7) is 0. The summed E-state index contributed by atoms with van der Waals surface area (Å²) in [4.78, 5) is 6.64. The second-order valence-electron chi connectivity index (χ2n) is 3.27. The molecular formula is C11H6F4N2. The van der Waals surface area contributed by atoms with Gasteiger partial charge in [-0.15, -0.1) is 0 Å². The molecule has 2 aromatic heterocycles. The normalized spacial score (nSPS) is 11.5. The van der Waals surface area contributed by atoms with Crippen LogP contribution in [0.2, 0.25) is 0 Å². The Hall–Kier alpha value is -1.98. The highest BCUT2D eigenvalue weighted by atomic mass is 19.4. The van der Waals surface area contributed by atoms with Crippen LogP contribution in [0.15, 0.2) is 36.7 Å². The molecule has 0 amide bonds. The average Bonchev–Trinajstić information content (AvgIpc) is 2.29. The summed E-state index contributed by atoms with van der Waals surface area (Å²) in [7, 11) is 0. The number of hydrogen-bond acceptors (Lipinski definition) is 2. The molecular weight excluding hydrogens is 236 g/mol. The second kappa shape index (κ2) is 4.12. The van der Waals surface area contributed by atoms with Crippen molar-refractivity contribution in [2.75, 3.05) is 0 Å². The van der Waals surface area contributed by atoms with Crippen molar-refractivity contribution in [3.63, 3.8) is 0 Å². The van der Waals surface area contributed by atoms with Crippen LogP contribution in [-0.4, -0.2) is 9.97 Å². The zero-order valence-electron chi connectivity index (χ0n) is 8.37. The molecule has 2 rings (SSSR count). The Bertz CT molecular complexity index is 523. The summed E-state index contributed by atoms with van der Waals surface area (Å²) in [6.07, 6.45) is -1.80. The molecule has 0 fully saturated rings. The van der Waals surface area contributed by atoms with Gasteiger partial charge in [0.1, 0.15) is 5.69 Å². The lowest BCUT2D eigenvalue weighted by atomic mass is 10.1. The van der Waals surface area contributed by atoms with Crippen molar-refractivity contribution in [3.05, 3.63) is 48.3 Å². The van der Waals surface area contributed by atoms with Gasteiger partial charge in [-0.05, 0) is 29.8 Å². The maximum atomic E-state index is 13.4. The Balaban J connectivity index is 2.46. The predicted octanol–water partition coefficient (Wildman–Crippen LogP) is 3.30. The molecule has 0 saturated heterocycles. The molecule has 0 aliphatic heterocycles. The number of nitrogens with zero attached hydrogens (tertiary/aromatic N) is 2. The topological polar surface area (TPSA) is 25.8 Å². The summed E-state index contributed by atoms with van der Waals surface area (Å²) in [6, 6.07) is 4.79. The molecule has 2 heterocycles. The minimum atomic E-state index is -4.64. The van der Waals surface area contributed by atoms with Crippen molar-refractivity contribution in [1.82, 2.24) is 9.97 Å². The summed E-state index contributed by atoms with van der Waals surface area (Å²) in [5.74, 6) is -1.15. The highest BCUT2D eigenvalue weighted by Crippen LogP contribution is 2.30. The van der Waals surface area contributed by atoms with E-state index in [9.17, 15) is 17.6 Å². The van der Waals surface area contributed by atoms with Crippen molar-refractivity contribution in [2.24, 2.45) is 0 Å². The Kier molecular flexibility index (Phi) is 2.79. The molecule has 2 aromatic rings. The summed E-state index contributed by atoms with van der Waals surface area (Å²) < 4.78 is 50.2. The van der Waals surface area contributed by atoms with E-state index in [4.69, 9.17) is 0 Å². The van der Waals surface area contributed by atoms with E-state index in [1.165, 1.54) is 24.5 Å². The van der Waals surface area contributed by atoms with Crippen LogP contribution in [0, 0.1) is 5.95 Å². The SMILES string of the molecule is Fc1nc(C(F)(F)F)ccc1-c1ccncc1. The monoisotopic (exact) mass is 242 g/mol. The fourth-order valence-electron chi connectivity index (χ4n) is 1.34. The van der Waals surface area contributed by atoms with Crippen LogP contribution >= 0.6 is 0 Å². The minimum absolute atomic E-state index is 0.0143. The van der Waals surface area contributed by atoms with E-state index in [1.54, 1.807) is 0 Å². The molecule has 2 nitrogen and oxygen atoms in total. The number of hydrogen-bond donors (Lipinski definition) is 0. The first-order valence-electron chi connectivity index (χ1n) is 4.62. The van der Waals surface area contributed by atoms with Crippen molar-refractivity contribution in [1.29, 1.82) is 0 Å². The van der Waals surface area contributed by atoms with Gasteiger partial charge in [0.15, 0.2) is 0 Å². The smallest absolute Gasteiger partial charge is 0.265 e. The second-order valence-corrected chi connectivity index (χ2v) is 3.27. The maximum Gasteiger partial charge on any atom is 0.433 e. The first kappa shape index (κ1) is 11.5. The number of halogens is 4. The summed E-state index contributed by atoms with van der Waals surface area (Å²) >= 11 is 0. The number of aromatic nitrogens is 2. The zero-order chi connectivity index (χ0) is 12.5. The Morgan fingerprint density at radius 2 is 1.59 bits per heavy atom. The molecule has 0 aliphatic rings. The molecule has 0 unspecified atom stereocenters. The number of alkyl halides is 3. The lowest BCUT2D eigenvalue weighted by molar-refractivity contribution is -0.141. The van der Waals surface area contributed by atoms with E-state index in [1.807, 2.05) is 0 Å². The molecule has 0 saturated carbocycles. The van der Waals surface area contributed by atoms with Crippen LogP contribution < -0.4 is 0 Å². The van der Waals surface area contributed by atoms with E-state index >= 15 is 0 Å². The van der Waals surface area contributed by atoms with Gasteiger partial charge in [0.2, 0.25) is 5.95 Å². The average molecular weight is 242 g/mol. The van der Waals surface area contributed by atoms with Gasteiger partial charge in [-0.25, -0.2) is 4.98 Å². The molecule has 0 aliphatic carbocycles. The van der Waals surface area contributed by atoms with Gasteiger partial charge >= 0.3 is 6.18 Å². The molecule has 88 valence electrons. The van der Waals surface area contributed by atoms with Gasteiger partial charge in [-0.1, -0.05) is 0 Å². The quantitative estimate of drug-likeness (QED) is 0.566. The highest BCUT2D eigenvalue weighted by Gasteiger charge is 2.33. The third-order valence-corrected chi connectivity index (χ3v) is 2.13. The van der Waals surface area contributed by atoms with E-state index in [0.717, 1.165) is 12.1 Å². The van der Waals surface area contributed by atoms with Gasteiger partial charge in [0.25, 0.3) is 0 Å². The fraction of sp³-hybridized carbons (Fsp3) is 0.0909. The Morgan fingerprint density at radius 3 is 2.12 bits per heavy atom. The van der Waals surface area contributed by atoms with Gasteiger partial charge in [0, 0.05) is 18.0 Å². The Labute approximate surface area is 94.0 Å². The van der Waals surface area contributed by atoms with Crippen molar-refractivity contribution < 1.29 is 17.6 Å². The van der Waals surface area contributed by atoms with E-state index in [-0.39, 0.29) is 5.56 Å². The largest absolute Gasteiger partial charge is 0.433 e. The highest BCUT2D eigenvalue weighted by molar-refractivity contribution is 5.62. The fourth-order valence-corrected chi connectivity index (χ4v) is 1.34. The molecule has 0 N–H and O–H groups in total. The van der Waals surface area contributed by atoms with Gasteiger partial charge in [0.05, 0.1) is 0 Å². The Morgan fingerprint density at radius 1 is 0.941 bits per heavy atom. The van der Waals surface area contributed by atoms with Crippen molar-refractivity contribution in [3.8, 4) is 11.1 Å². The molecule has 0 bridgehead atoms. The standard InChI is InChI=1S/C11H6F4N2/c12-10-8(7-3-5-16-6-4-7)1-2-9(17-10)11(13,14)15/h1-6H. The first-order valence-corrected chi connectivity index (χ1v) is 4.62. The molecule has 0 atom stereocenters. The molecule has 0 aromatic carbocycles. The van der Waals surface area contributed by atoms with Crippen molar-refractivity contribution >= 4 is 0 Å². The van der Waals surface area contributed by atoms with Crippen LogP contribution in [0.25, 0.3) is 11.1 Å². The van der Waals surface area contributed by atoms with Crippen molar-refractivity contribution in [2.45, 2.75) is 6.18 Å². The van der Waals surface area contributed by atoms with E-state index < -0.39 is 17.8 Å². The number of pyridine rings is 2. The first-order chi connectivity index (χ1) is 7.98. The lowest BCUT2D eigenvalue weighted by Crippen LogP contribution is -2.09. The molecule has 0 spiro atoms. The third-order valence-electron chi connectivity index (χ3n) is 2.13. The van der Waals surface area contributed by atoms with E-state index in [0.29, 0.717) is 5.56 Å². The van der Waals surface area contributed by atoms with Crippen LogP contribution in [0.5, 0.6) is 0 Å². The van der Waals surface area contributed by atoms with Gasteiger partial charge in [-0.2, -0.15) is 17.6 Å². The van der Waals surface area contributed by atoms with Gasteiger partial charge in [-0.3, -0.25) is 4.98 Å². The summed E-state index contributed by atoms with van der Waals surface area (Å²) in [5, 5.41) is 0.